The lowest BCUT2D eigenvalue weighted by Gasteiger charge is -2.18. The van der Waals surface area contributed by atoms with Gasteiger partial charge in [0.05, 0.1) is 0 Å². The van der Waals surface area contributed by atoms with Crippen molar-refractivity contribution in [2.45, 2.75) is 53.2 Å². The van der Waals surface area contributed by atoms with Gasteiger partial charge in [0.1, 0.15) is 6.10 Å². The second-order valence-electron chi connectivity index (χ2n) is 5.45. The van der Waals surface area contributed by atoms with Gasteiger partial charge in [0.25, 0.3) is 0 Å². The standard InChI is InChI=1S/C12H23N3O2/c1-7-16-9(8(2)3)10-13-11(17-15-10)14-12(4,5)6/h8-9H,7H2,1-6H3,(H,13,14,15). The molecule has 5 nitrogen and oxygen atoms in total. The Bertz CT molecular complexity index is 342. The normalized spacial score (nSPS) is 14.1. The minimum atomic E-state index is -0.112. The van der Waals surface area contributed by atoms with Crippen LogP contribution in [0.1, 0.15) is 53.5 Å². The third-order valence-corrected chi connectivity index (χ3v) is 2.13. The molecule has 1 heterocycles. The van der Waals surface area contributed by atoms with Gasteiger partial charge in [-0.25, -0.2) is 0 Å². The quantitative estimate of drug-likeness (QED) is 0.858. The van der Waals surface area contributed by atoms with Crippen molar-refractivity contribution in [1.29, 1.82) is 0 Å². The van der Waals surface area contributed by atoms with Gasteiger partial charge in [0.2, 0.25) is 5.82 Å². The fraction of sp³-hybridized carbons (Fsp3) is 0.833. The number of hydrogen-bond acceptors (Lipinski definition) is 5. The fourth-order valence-corrected chi connectivity index (χ4v) is 1.47. The van der Waals surface area contributed by atoms with Crippen molar-refractivity contribution in [2.75, 3.05) is 11.9 Å². The zero-order valence-electron chi connectivity index (χ0n) is 11.6. The molecule has 1 unspecified atom stereocenters. The minimum Gasteiger partial charge on any atom is -0.370 e. The van der Waals surface area contributed by atoms with E-state index in [0.717, 1.165) is 0 Å². The maximum Gasteiger partial charge on any atom is 0.321 e. The molecule has 5 heteroatoms. The summed E-state index contributed by atoms with van der Waals surface area (Å²) in [6, 6.07) is 0.442. The van der Waals surface area contributed by atoms with Crippen LogP contribution in [0.25, 0.3) is 0 Å². The summed E-state index contributed by atoms with van der Waals surface area (Å²) in [6.45, 7) is 12.9. The molecule has 0 radical (unpaired) electrons. The van der Waals surface area contributed by atoms with E-state index in [1.807, 2.05) is 27.7 Å². The first-order valence-corrected chi connectivity index (χ1v) is 6.07. The molecule has 0 aliphatic carbocycles. The second-order valence-corrected chi connectivity index (χ2v) is 5.45. The molecule has 0 saturated carbocycles. The van der Waals surface area contributed by atoms with Gasteiger partial charge in [-0.15, -0.1) is 0 Å². The number of hydrogen-bond donors (Lipinski definition) is 1. The third kappa shape index (κ3) is 4.34. The van der Waals surface area contributed by atoms with E-state index >= 15 is 0 Å². The van der Waals surface area contributed by atoms with E-state index in [9.17, 15) is 0 Å². The van der Waals surface area contributed by atoms with Crippen LogP contribution >= 0.6 is 0 Å². The summed E-state index contributed by atoms with van der Waals surface area (Å²) in [7, 11) is 0. The molecule has 0 spiro atoms. The summed E-state index contributed by atoms with van der Waals surface area (Å²) < 4.78 is 10.8. The van der Waals surface area contributed by atoms with Gasteiger partial charge < -0.3 is 14.6 Å². The van der Waals surface area contributed by atoms with Gasteiger partial charge in [-0.1, -0.05) is 19.0 Å². The second kappa shape index (κ2) is 5.49. The number of ether oxygens (including phenoxy) is 1. The third-order valence-electron chi connectivity index (χ3n) is 2.13. The zero-order valence-corrected chi connectivity index (χ0v) is 11.6. The molecule has 0 aromatic carbocycles. The fourth-order valence-electron chi connectivity index (χ4n) is 1.47. The van der Waals surface area contributed by atoms with Gasteiger partial charge in [0, 0.05) is 12.1 Å². The summed E-state index contributed by atoms with van der Waals surface area (Å²) in [5.41, 5.74) is -0.0945. The molecule has 98 valence electrons. The van der Waals surface area contributed by atoms with Gasteiger partial charge in [-0.2, -0.15) is 4.98 Å². The Kier molecular flexibility index (Phi) is 4.51. The van der Waals surface area contributed by atoms with E-state index in [-0.39, 0.29) is 11.6 Å². The Labute approximate surface area is 103 Å². The Balaban J connectivity index is 2.78. The molecule has 0 amide bonds. The lowest BCUT2D eigenvalue weighted by Crippen LogP contribution is -2.26. The van der Waals surface area contributed by atoms with Gasteiger partial charge in [-0.3, -0.25) is 0 Å². The van der Waals surface area contributed by atoms with Crippen molar-refractivity contribution in [3.63, 3.8) is 0 Å². The van der Waals surface area contributed by atoms with Crippen LogP contribution in [0.3, 0.4) is 0 Å². The van der Waals surface area contributed by atoms with E-state index < -0.39 is 0 Å². The van der Waals surface area contributed by atoms with E-state index in [0.29, 0.717) is 24.4 Å². The summed E-state index contributed by atoms with van der Waals surface area (Å²) in [5, 5.41) is 7.11. The summed E-state index contributed by atoms with van der Waals surface area (Å²) >= 11 is 0. The summed E-state index contributed by atoms with van der Waals surface area (Å²) in [4.78, 5) is 4.32. The van der Waals surface area contributed by atoms with Crippen molar-refractivity contribution >= 4 is 6.01 Å². The molecular formula is C12H23N3O2. The molecule has 1 aromatic heterocycles. The molecule has 0 saturated heterocycles. The van der Waals surface area contributed by atoms with Crippen LogP contribution in [-0.4, -0.2) is 22.3 Å². The number of anilines is 1. The molecule has 0 aliphatic rings. The predicted octanol–water partition coefficient (Wildman–Crippen LogP) is 3.01. The molecule has 0 aliphatic heterocycles. The number of nitrogens with zero attached hydrogens (tertiary/aromatic N) is 2. The number of aromatic nitrogens is 2. The average molecular weight is 241 g/mol. The molecule has 1 aromatic rings. The topological polar surface area (TPSA) is 60.2 Å². The molecule has 0 bridgehead atoms. The highest BCUT2D eigenvalue weighted by Crippen LogP contribution is 2.24. The van der Waals surface area contributed by atoms with Gasteiger partial charge in [0.15, 0.2) is 0 Å². The Morgan fingerprint density at radius 2 is 2.00 bits per heavy atom. The van der Waals surface area contributed by atoms with Crippen LogP contribution in [0.4, 0.5) is 6.01 Å². The van der Waals surface area contributed by atoms with Crippen LogP contribution in [0.5, 0.6) is 0 Å². The molecule has 1 atom stereocenters. The van der Waals surface area contributed by atoms with E-state index in [1.54, 1.807) is 0 Å². The summed E-state index contributed by atoms with van der Waals surface area (Å²) in [5.74, 6) is 0.920. The van der Waals surface area contributed by atoms with E-state index in [1.165, 1.54) is 0 Å². The maximum atomic E-state index is 5.62. The number of nitrogens with one attached hydrogen (secondary N) is 1. The van der Waals surface area contributed by atoms with E-state index in [4.69, 9.17) is 9.26 Å². The van der Waals surface area contributed by atoms with Crippen LogP contribution in [0, 0.1) is 5.92 Å². The van der Waals surface area contributed by atoms with Crippen molar-refractivity contribution in [3.8, 4) is 0 Å². The largest absolute Gasteiger partial charge is 0.370 e. The average Bonchev–Trinajstić information content (AvgIpc) is 2.59. The SMILES string of the molecule is CCOC(c1noc(NC(C)(C)C)n1)C(C)C. The van der Waals surface area contributed by atoms with Crippen molar-refractivity contribution in [2.24, 2.45) is 5.92 Å². The highest BCUT2D eigenvalue weighted by atomic mass is 16.5. The predicted molar refractivity (Wildman–Crippen MR) is 66.9 cm³/mol. The smallest absolute Gasteiger partial charge is 0.321 e. The van der Waals surface area contributed by atoms with Gasteiger partial charge in [-0.05, 0) is 33.6 Å². The minimum absolute atomic E-state index is 0.0945. The van der Waals surface area contributed by atoms with Crippen LogP contribution < -0.4 is 5.32 Å². The molecular weight excluding hydrogens is 218 g/mol. The van der Waals surface area contributed by atoms with Crippen LogP contribution in [0.2, 0.25) is 0 Å². The first-order valence-electron chi connectivity index (χ1n) is 6.07. The highest BCUT2D eigenvalue weighted by Gasteiger charge is 2.23. The first kappa shape index (κ1) is 14.0. The maximum absolute atomic E-state index is 5.62. The monoisotopic (exact) mass is 241 g/mol. The Morgan fingerprint density at radius 3 is 2.47 bits per heavy atom. The molecule has 17 heavy (non-hydrogen) atoms. The zero-order chi connectivity index (χ0) is 13.1. The van der Waals surface area contributed by atoms with Crippen LogP contribution in [0.15, 0.2) is 4.52 Å². The molecule has 1 rings (SSSR count). The van der Waals surface area contributed by atoms with Crippen molar-refractivity contribution < 1.29 is 9.26 Å². The summed E-state index contributed by atoms with van der Waals surface area (Å²) in [6.07, 6.45) is -0.112. The lowest BCUT2D eigenvalue weighted by molar-refractivity contribution is 0.0217. The first-order chi connectivity index (χ1) is 7.83. The Morgan fingerprint density at radius 1 is 1.35 bits per heavy atom. The van der Waals surface area contributed by atoms with Gasteiger partial charge >= 0.3 is 6.01 Å². The Hall–Kier alpha value is -1.10. The van der Waals surface area contributed by atoms with Crippen molar-refractivity contribution in [3.05, 3.63) is 5.82 Å². The van der Waals surface area contributed by atoms with E-state index in [2.05, 4.69) is 29.3 Å². The highest BCUT2D eigenvalue weighted by molar-refractivity contribution is 5.23. The molecule has 0 fully saturated rings. The number of rotatable bonds is 5. The lowest BCUT2D eigenvalue weighted by atomic mass is 10.1. The van der Waals surface area contributed by atoms with Crippen molar-refractivity contribution in [1.82, 2.24) is 10.1 Å². The van der Waals surface area contributed by atoms with Crippen LogP contribution in [-0.2, 0) is 4.74 Å². The molecule has 1 N–H and O–H groups in total.